The van der Waals surface area contributed by atoms with Crippen LogP contribution in [0.1, 0.15) is 36.1 Å². The van der Waals surface area contributed by atoms with E-state index in [-0.39, 0.29) is 6.04 Å². The van der Waals surface area contributed by atoms with E-state index in [9.17, 15) is 0 Å². The van der Waals surface area contributed by atoms with Gasteiger partial charge in [0.25, 0.3) is 0 Å². The number of halogens is 1. The molecule has 2 rings (SSSR count). The van der Waals surface area contributed by atoms with Crippen molar-refractivity contribution in [1.82, 2.24) is 10.3 Å². The fourth-order valence-electron chi connectivity index (χ4n) is 2.21. The summed E-state index contributed by atoms with van der Waals surface area (Å²) in [5.74, 6) is 0.820. The van der Waals surface area contributed by atoms with Gasteiger partial charge in [-0.2, -0.15) is 0 Å². The van der Waals surface area contributed by atoms with Gasteiger partial charge in [0.15, 0.2) is 0 Å². The van der Waals surface area contributed by atoms with Crippen molar-refractivity contribution >= 4 is 15.9 Å². The third-order valence-corrected chi connectivity index (χ3v) is 4.21. The van der Waals surface area contributed by atoms with Crippen LogP contribution in [0.25, 0.3) is 0 Å². The second-order valence-electron chi connectivity index (χ2n) is 5.03. The molecule has 0 spiro atoms. The van der Waals surface area contributed by atoms with Crippen LogP contribution >= 0.6 is 15.9 Å². The molecular weight excluding hydrogens is 328 g/mol. The van der Waals surface area contributed by atoms with Gasteiger partial charge in [-0.15, -0.1) is 0 Å². The molecule has 0 saturated heterocycles. The summed E-state index contributed by atoms with van der Waals surface area (Å²) < 4.78 is 6.79. The molecule has 1 heterocycles. The maximum atomic E-state index is 5.67. The molecule has 1 aromatic heterocycles. The third-order valence-electron chi connectivity index (χ3n) is 3.36. The average molecular weight is 349 g/mol. The van der Waals surface area contributed by atoms with Gasteiger partial charge < -0.3 is 10.1 Å². The standard InChI is InChI=1S/C17H21BrN2O/c1-4-7-21-15-8-14(10-20-11-15)17(19-3)13-6-5-12(2)16(18)9-13/h5-6,8-11,17,19H,4,7H2,1-3H3. The highest BCUT2D eigenvalue weighted by Crippen LogP contribution is 2.27. The van der Waals surface area contributed by atoms with Crippen LogP contribution in [0.5, 0.6) is 5.75 Å². The van der Waals surface area contributed by atoms with Crippen LogP contribution in [-0.2, 0) is 0 Å². The van der Waals surface area contributed by atoms with Crippen LogP contribution in [0.4, 0.5) is 0 Å². The molecule has 1 N–H and O–H groups in total. The second kappa shape index (κ2) is 7.57. The van der Waals surface area contributed by atoms with Crippen molar-refractivity contribution in [2.45, 2.75) is 26.3 Å². The molecule has 2 aromatic rings. The fourth-order valence-corrected chi connectivity index (χ4v) is 2.60. The van der Waals surface area contributed by atoms with E-state index in [4.69, 9.17) is 4.74 Å². The van der Waals surface area contributed by atoms with E-state index < -0.39 is 0 Å². The Labute approximate surface area is 134 Å². The summed E-state index contributed by atoms with van der Waals surface area (Å²) in [5, 5.41) is 3.35. The number of nitrogens with zero attached hydrogens (tertiary/aromatic N) is 1. The lowest BCUT2D eigenvalue weighted by Gasteiger charge is -2.18. The fraction of sp³-hybridized carbons (Fsp3) is 0.353. The van der Waals surface area contributed by atoms with E-state index in [2.05, 4.69) is 64.3 Å². The maximum Gasteiger partial charge on any atom is 0.137 e. The van der Waals surface area contributed by atoms with Gasteiger partial charge in [0, 0.05) is 10.7 Å². The van der Waals surface area contributed by atoms with Crippen LogP contribution in [0.15, 0.2) is 41.1 Å². The van der Waals surface area contributed by atoms with Crippen LogP contribution in [0.2, 0.25) is 0 Å². The molecule has 1 aromatic carbocycles. The molecule has 0 fully saturated rings. The summed E-state index contributed by atoms with van der Waals surface area (Å²) in [6.45, 7) is 4.89. The lowest BCUT2D eigenvalue weighted by atomic mass is 9.99. The minimum absolute atomic E-state index is 0.0968. The summed E-state index contributed by atoms with van der Waals surface area (Å²) in [5.41, 5.74) is 3.53. The number of aryl methyl sites for hydroxylation is 1. The Morgan fingerprint density at radius 1 is 1.24 bits per heavy atom. The number of rotatable bonds is 6. The van der Waals surface area contributed by atoms with Crippen LogP contribution in [0.3, 0.4) is 0 Å². The van der Waals surface area contributed by atoms with Crippen LogP contribution < -0.4 is 10.1 Å². The van der Waals surface area contributed by atoms with Crippen molar-refractivity contribution in [2.24, 2.45) is 0 Å². The van der Waals surface area contributed by atoms with E-state index in [1.807, 2.05) is 13.2 Å². The highest BCUT2D eigenvalue weighted by Gasteiger charge is 2.14. The number of hydrogen-bond acceptors (Lipinski definition) is 3. The molecule has 0 radical (unpaired) electrons. The lowest BCUT2D eigenvalue weighted by molar-refractivity contribution is 0.315. The van der Waals surface area contributed by atoms with Gasteiger partial charge in [0.2, 0.25) is 0 Å². The number of ether oxygens (including phenoxy) is 1. The molecule has 4 heteroatoms. The van der Waals surface area contributed by atoms with E-state index in [1.165, 1.54) is 11.1 Å². The van der Waals surface area contributed by atoms with E-state index in [0.717, 1.165) is 22.2 Å². The summed E-state index contributed by atoms with van der Waals surface area (Å²) >= 11 is 3.60. The SMILES string of the molecule is CCCOc1cncc(C(NC)c2ccc(C)c(Br)c2)c1. The van der Waals surface area contributed by atoms with E-state index in [0.29, 0.717) is 6.61 Å². The Balaban J connectivity index is 2.30. The van der Waals surface area contributed by atoms with Crippen LogP contribution in [0, 0.1) is 6.92 Å². The van der Waals surface area contributed by atoms with Crippen molar-refractivity contribution in [3.63, 3.8) is 0 Å². The first kappa shape index (κ1) is 16.0. The Hall–Kier alpha value is -1.39. The van der Waals surface area contributed by atoms with Crippen molar-refractivity contribution in [1.29, 1.82) is 0 Å². The van der Waals surface area contributed by atoms with Crippen molar-refractivity contribution in [3.05, 3.63) is 57.8 Å². The molecule has 112 valence electrons. The molecule has 0 bridgehead atoms. The molecule has 3 nitrogen and oxygen atoms in total. The topological polar surface area (TPSA) is 34.1 Å². The molecule has 0 amide bonds. The summed E-state index contributed by atoms with van der Waals surface area (Å²) in [6, 6.07) is 8.56. The molecule has 21 heavy (non-hydrogen) atoms. The minimum Gasteiger partial charge on any atom is -0.492 e. The average Bonchev–Trinajstić information content (AvgIpc) is 2.50. The normalized spacial score (nSPS) is 12.2. The molecular formula is C17H21BrN2O. The summed E-state index contributed by atoms with van der Waals surface area (Å²) in [7, 11) is 1.96. The van der Waals surface area contributed by atoms with Gasteiger partial charge in [0.1, 0.15) is 5.75 Å². The van der Waals surface area contributed by atoms with Crippen LogP contribution in [-0.4, -0.2) is 18.6 Å². The predicted octanol–water partition coefficient (Wildman–Crippen LogP) is 4.25. The Kier molecular flexibility index (Phi) is 5.76. The largest absolute Gasteiger partial charge is 0.492 e. The number of pyridine rings is 1. The van der Waals surface area contributed by atoms with E-state index >= 15 is 0 Å². The zero-order valence-electron chi connectivity index (χ0n) is 12.7. The van der Waals surface area contributed by atoms with Crippen molar-refractivity contribution in [2.75, 3.05) is 13.7 Å². The first-order valence-electron chi connectivity index (χ1n) is 7.16. The van der Waals surface area contributed by atoms with Crippen molar-refractivity contribution in [3.8, 4) is 5.75 Å². The quantitative estimate of drug-likeness (QED) is 0.847. The smallest absolute Gasteiger partial charge is 0.137 e. The molecule has 0 aliphatic heterocycles. The molecule has 0 aliphatic rings. The lowest BCUT2D eigenvalue weighted by Crippen LogP contribution is -2.18. The summed E-state index contributed by atoms with van der Waals surface area (Å²) in [4.78, 5) is 4.30. The zero-order valence-corrected chi connectivity index (χ0v) is 14.3. The monoisotopic (exact) mass is 348 g/mol. The number of aromatic nitrogens is 1. The maximum absolute atomic E-state index is 5.67. The number of nitrogens with one attached hydrogen (secondary N) is 1. The second-order valence-corrected chi connectivity index (χ2v) is 5.89. The number of benzene rings is 1. The third kappa shape index (κ3) is 4.05. The minimum atomic E-state index is 0.0968. The highest BCUT2D eigenvalue weighted by molar-refractivity contribution is 9.10. The van der Waals surface area contributed by atoms with Gasteiger partial charge in [-0.1, -0.05) is 35.0 Å². The molecule has 1 unspecified atom stereocenters. The molecule has 1 atom stereocenters. The Bertz CT molecular complexity index is 601. The van der Waals surface area contributed by atoms with Gasteiger partial charge in [0.05, 0.1) is 18.8 Å². The van der Waals surface area contributed by atoms with Gasteiger partial charge >= 0.3 is 0 Å². The molecule has 0 saturated carbocycles. The molecule has 0 aliphatic carbocycles. The first-order chi connectivity index (χ1) is 10.2. The summed E-state index contributed by atoms with van der Waals surface area (Å²) in [6.07, 6.45) is 4.63. The van der Waals surface area contributed by atoms with Gasteiger partial charge in [-0.05, 0) is 49.2 Å². The van der Waals surface area contributed by atoms with Gasteiger partial charge in [-0.3, -0.25) is 4.98 Å². The number of hydrogen-bond donors (Lipinski definition) is 1. The highest BCUT2D eigenvalue weighted by atomic mass is 79.9. The predicted molar refractivity (Wildman–Crippen MR) is 89.8 cm³/mol. The Morgan fingerprint density at radius 2 is 2.05 bits per heavy atom. The van der Waals surface area contributed by atoms with E-state index in [1.54, 1.807) is 6.20 Å². The van der Waals surface area contributed by atoms with Crippen molar-refractivity contribution < 1.29 is 4.74 Å². The Morgan fingerprint density at radius 3 is 2.71 bits per heavy atom. The zero-order chi connectivity index (χ0) is 15.2. The first-order valence-corrected chi connectivity index (χ1v) is 7.96. The van der Waals surface area contributed by atoms with Gasteiger partial charge in [-0.25, -0.2) is 0 Å².